The van der Waals surface area contributed by atoms with Gasteiger partial charge in [0.25, 0.3) is 0 Å². The van der Waals surface area contributed by atoms with Gasteiger partial charge in [-0.15, -0.1) is 0 Å². The van der Waals surface area contributed by atoms with Gasteiger partial charge < -0.3 is 14.2 Å². The summed E-state index contributed by atoms with van der Waals surface area (Å²) in [7, 11) is 0. The molecule has 2 aliphatic heterocycles. The zero-order valence-corrected chi connectivity index (χ0v) is 18.4. The van der Waals surface area contributed by atoms with Crippen molar-refractivity contribution in [3.63, 3.8) is 0 Å². The van der Waals surface area contributed by atoms with Crippen molar-refractivity contribution in [2.24, 2.45) is 5.92 Å². The van der Waals surface area contributed by atoms with Gasteiger partial charge in [0, 0.05) is 24.5 Å². The maximum absolute atomic E-state index is 12.9. The number of benzene rings is 1. The normalized spacial score (nSPS) is 28.5. The largest absolute Gasteiger partial charge is 0.490 e. The Morgan fingerprint density at radius 3 is 2.68 bits per heavy atom. The number of ether oxygens (including phenoxy) is 3. The average Bonchev–Trinajstić information content (AvgIpc) is 3.23. The summed E-state index contributed by atoms with van der Waals surface area (Å²) in [5, 5.41) is 0. The van der Waals surface area contributed by atoms with Gasteiger partial charge in [0.2, 0.25) is 0 Å². The van der Waals surface area contributed by atoms with Crippen LogP contribution in [0.2, 0.25) is 0 Å². The number of halogens is 3. The van der Waals surface area contributed by atoms with Crippen LogP contribution < -0.4 is 0 Å². The van der Waals surface area contributed by atoms with E-state index in [1.54, 1.807) is 12.2 Å². The summed E-state index contributed by atoms with van der Waals surface area (Å²) in [5.74, 6) is -1.27. The molecular formula is C26H23F3O5. The molecule has 2 bridgehead atoms. The van der Waals surface area contributed by atoms with Crippen molar-refractivity contribution in [3.05, 3.63) is 89.3 Å². The van der Waals surface area contributed by atoms with Crippen molar-refractivity contribution in [1.82, 2.24) is 0 Å². The third-order valence-corrected chi connectivity index (χ3v) is 5.99. The minimum atomic E-state index is -4.48. The highest BCUT2D eigenvalue weighted by Crippen LogP contribution is 2.42. The first kappa shape index (κ1) is 23.6. The molecule has 0 saturated carbocycles. The molecular weight excluding hydrogens is 449 g/mol. The number of hydrogen-bond acceptors (Lipinski definition) is 5. The van der Waals surface area contributed by atoms with Gasteiger partial charge in [-0.05, 0) is 48.4 Å². The summed E-state index contributed by atoms with van der Waals surface area (Å²) in [6.07, 6.45) is 0.395. The van der Waals surface area contributed by atoms with Crippen molar-refractivity contribution < 1.29 is 37.0 Å². The van der Waals surface area contributed by atoms with E-state index >= 15 is 0 Å². The molecule has 4 atom stereocenters. The fraction of sp³-hybridized carbons (Fsp3) is 0.308. The number of allylic oxidation sites excluding steroid dienone is 1. The van der Waals surface area contributed by atoms with Gasteiger partial charge in [-0.25, -0.2) is 9.59 Å². The van der Waals surface area contributed by atoms with Gasteiger partial charge in [-0.2, -0.15) is 13.2 Å². The minimum Gasteiger partial charge on any atom is -0.490 e. The number of esters is 2. The summed E-state index contributed by atoms with van der Waals surface area (Å²) in [5.41, 5.74) is 1.28. The molecule has 2 heterocycles. The zero-order valence-electron chi connectivity index (χ0n) is 18.4. The fourth-order valence-corrected chi connectivity index (χ4v) is 4.36. The van der Waals surface area contributed by atoms with Crippen LogP contribution in [0.5, 0.6) is 0 Å². The lowest BCUT2D eigenvalue weighted by Gasteiger charge is -2.26. The standard InChI is InChI=1S/C26H23F3O5/c1-14-9-20-12-18(25(31)33-20)13-22-24(15(2)16(3)32-22)21(10-14)34-23(30)8-7-17-5-4-6-19(11-17)26(27,28)29/h4-8,10-12,20-22,24H,2-3,9,13H2,1H3/b8-7+,14-10+/t20-,21-,22?,24+/m1/s1. The van der Waals surface area contributed by atoms with Crippen molar-refractivity contribution in [2.75, 3.05) is 0 Å². The number of carbonyl (C=O) groups is 2. The Labute approximate surface area is 194 Å². The van der Waals surface area contributed by atoms with Crippen LogP contribution in [-0.2, 0) is 30.0 Å². The number of rotatable bonds is 3. The maximum Gasteiger partial charge on any atom is 0.416 e. The second-order valence-corrected chi connectivity index (χ2v) is 8.55. The van der Waals surface area contributed by atoms with Crippen LogP contribution in [0.3, 0.4) is 0 Å². The van der Waals surface area contributed by atoms with Gasteiger partial charge in [-0.1, -0.05) is 30.9 Å². The Bertz CT molecular complexity index is 1140. The third kappa shape index (κ3) is 5.00. The average molecular weight is 472 g/mol. The highest BCUT2D eigenvalue weighted by Gasteiger charge is 2.44. The smallest absolute Gasteiger partial charge is 0.416 e. The van der Waals surface area contributed by atoms with Crippen LogP contribution in [-0.4, -0.2) is 30.3 Å². The second-order valence-electron chi connectivity index (χ2n) is 8.55. The second kappa shape index (κ2) is 9.00. The lowest BCUT2D eigenvalue weighted by molar-refractivity contribution is -0.143. The molecule has 5 nitrogen and oxygen atoms in total. The lowest BCUT2D eigenvalue weighted by atomic mass is 9.85. The van der Waals surface area contributed by atoms with E-state index in [2.05, 4.69) is 13.2 Å². The SMILES string of the molecule is C=C1OC2CC3=C[C@@H](C/C(C)=C/[C@@H](OC(=O)/C=C/c4cccc(C(F)(F)F)c4)[C@@H]2C1=C)OC3=O. The fourth-order valence-electron chi connectivity index (χ4n) is 4.36. The number of alkyl halides is 3. The van der Waals surface area contributed by atoms with E-state index < -0.39 is 47.9 Å². The number of hydrogen-bond donors (Lipinski definition) is 0. The van der Waals surface area contributed by atoms with E-state index in [4.69, 9.17) is 14.2 Å². The first-order chi connectivity index (χ1) is 16.0. The van der Waals surface area contributed by atoms with Crippen LogP contribution in [0, 0.1) is 5.92 Å². The minimum absolute atomic E-state index is 0.212. The Morgan fingerprint density at radius 1 is 1.18 bits per heavy atom. The predicted octanol–water partition coefficient (Wildman–Crippen LogP) is 5.31. The molecule has 0 spiro atoms. The van der Waals surface area contributed by atoms with E-state index in [0.29, 0.717) is 23.3 Å². The molecule has 1 saturated heterocycles. The van der Waals surface area contributed by atoms with Gasteiger partial charge >= 0.3 is 18.1 Å². The van der Waals surface area contributed by atoms with E-state index in [1.807, 2.05) is 6.92 Å². The van der Waals surface area contributed by atoms with Crippen LogP contribution in [0.15, 0.2) is 78.1 Å². The van der Waals surface area contributed by atoms with Gasteiger partial charge in [0.05, 0.1) is 11.5 Å². The van der Waals surface area contributed by atoms with Crippen LogP contribution >= 0.6 is 0 Å². The van der Waals surface area contributed by atoms with Crippen molar-refractivity contribution in [1.29, 1.82) is 0 Å². The molecule has 0 aromatic heterocycles. The molecule has 0 N–H and O–H groups in total. The molecule has 0 amide bonds. The number of carbonyl (C=O) groups excluding carboxylic acids is 2. The topological polar surface area (TPSA) is 61.8 Å². The van der Waals surface area contributed by atoms with E-state index in [1.165, 1.54) is 18.2 Å². The highest BCUT2D eigenvalue weighted by atomic mass is 19.4. The summed E-state index contributed by atoms with van der Waals surface area (Å²) in [6.45, 7) is 9.73. The summed E-state index contributed by atoms with van der Waals surface area (Å²) >= 11 is 0. The van der Waals surface area contributed by atoms with Gasteiger partial charge in [-0.3, -0.25) is 0 Å². The molecule has 8 heteroatoms. The Morgan fingerprint density at radius 2 is 1.94 bits per heavy atom. The molecule has 1 unspecified atom stereocenters. The molecule has 1 aromatic rings. The first-order valence-corrected chi connectivity index (χ1v) is 10.7. The highest BCUT2D eigenvalue weighted by molar-refractivity contribution is 5.91. The van der Waals surface area contributed by atoms with E-state index in [-0.39, 0.29) is 12.0 Å². The number of fused-ring (bicyclic) bond motifs is 2. The van der Waals surface area contributed by atoms with Crippen LogP contribution in [0.25, 0.3) is 6.08 Å². The lowest BCUT2D eigenvalue weighted by Crippen LogP contribution is -2.32. The summed E-state index contributed by atoms with van der Waals surface area (Å²) in [4.78, 5) is 24.9. The van der Waals surface area contributed by atoms with E-state index in [9.17, 15) is 22.8 Å². The molecule has 4 rings (SSSR count). The molecule has 178 valence electrons. The van der Waals surface area contributed by atoms with Crippen LogP contribution in [0.4, 0.5) is 13.2 Å². The molecule has 1 fully saturated rings. The molecule has 1 aromatic carbocycles. The Hall–Kier alpha value is -3.55. The molecule has 1 aliphatic carbocycles. The molecule has 0 radical (unpaired) electrons. The predicted molar refractivity (Wildman–Crippen MR) is 118 cm³/mol. The maximum atomic E-state index is 12.9. The first-order valence-electron chi connectivity index (χ1n) is 10.7. The zero-order chi connectivity index (χ0) is 24.6. The van der Waals surface area contributed by atoms with Gasteiger partial charge in [0.15, 0.2) is 0 Å². The third-order valence-electron chi connectivity index (χ3n) is 5.99. The van der Waals surface area contributed by atoms with Crippen molar-refractivity contribution >= 4 is 18.0 Å². The van der Waals surface area contributed by atoms with Crippen molar-refractivity contribution in [2.45, 2.75) is 44.3 Å². The van der Waals surface area contributed by atoms with Crippen molar-refractivity contribution in [3.8, 4) is 0 Å². The monoisotopic (exact) mass is 472 g/mol. The summed E-state index contributed by atoms with van der Waals surface area (Å²) in [6, 6.07) is 4.63. The van der Waals surface area contributed by atoms with Crippen LogP contribution in [0.1, 0.15) is 30.9 Å². The van der Waals surface area contributed by atoms with E-state index in [0.717, 1.165) is 23.8 Å². The Kier molecular flexibility index (Phi) is 6.25. The Balaban J connectivity index is 1.57. The summed E-state index contributed by atoms with van der Waals surface area (Å²) < 4.78 is 55.8. The quantitative estimate of drug-likeness (QED) is 0.339. The molecule has 34 heavy (non-hydrogen) atoms. The molecule has 3 aliphatic rings. The van der Waals surface area contributed by atoms with Gasteiger partial charge in [0.1, 0.15) is 24.1 Å².